The summed E-state index contributed by atoms with van der Waals surface area (Å²) in [6.45, 7) is 0.549. The maximum atomic E-state index is 9.62. The van der Waals surface area contributed by atoms with Crippen LogP contribution in [0.1, 0.15) is 31.4 Å². The van der Waals surface area contributed by atoms with Crippen LogP contribution >= 0.6 is 0 Å². The summed E-state index contributed by atoms with van der Waals surface area (Å²) < 4.78 is 5.37. The van der Waals surface area contributed by atoms with Gasteiger partial charge in [0.25, 0.3) is 0 Å². The minimum Gasteiger partial charge on any atom is -0.495 e. The highest BCUT2D eigenvalue weighted by Crippen LogP contribution is 2.41. The van der Waals surface area contributed by atoms with Crippen LogP contribution in [-0.2, 0) is 5.41 Å². The molecule has 0 atom stereocenters. The number of nitrogens with zero attached hydrogens (tertiary/aromatic N) is 1. The first-order valence-corrected chi connectivity index (χ1v) is 6.09. The topological polar surface area (TPSA) is 68.4 Å². The lowest BCUT2D eigenvalue weighted by atomic mass is 9.70. The molecule has 17 heavy (non-hydrogen) atoms. The fraction of sp³-hybridized carbons (Fsp3) is 0.615. The predicted molar refractivity (Wildman–Crippen MR) is 66.0 cm³/mol. The second-order valence-corrected chi connectivity index (χ2v) is 4.77. The van der Waals surface area contributed by atoms with Gasteiger partial charge in [-0.3, -0.25) is 4.98 Å². The second kappa shape index (κ2) is 5.02. The van der Waals surface area contributed by atoms with Crippen molar-refractivity contribution in [2.24, 2.45) is 5.73 Å². The minimum atomic E-state index is -0.190. The molecule has 0 bridgehead atoms. The second-order valence-electron chi connectivity index (χ2n) is 4.77. The number of aliphatic hydroxyl groups is 1. The number of hydrogen-bond acceptors (Lipinski definition) is 4. The van der Waals surface area contributed by atoms with E-state index in [4.69, 9.17) is 10.5 Å². The highest BCUT2D eigenvalue weighted by molar-refractivity contribution is 5.34. The van der Waals surface area contributed by atoms with E-state index in [0.717, 1.165) is 37.1 Å². The maximum absolute atomic E-state index is 9.62. The number of aromatic nitrogens is 1. The summed E-state index contributed by atoms with van der Waals surface area (Å²) >= 11 is 0. The van der Waals surface area contributed by atoms with Gasteiger partial charge in [-0.1, -0.05) is 0 Å². The van der Waals surface area contributed by atoms with E-state index >= 15 is 0 Å². The summed E-state index contributed by atoms with van der Waals surface area (Å²) in [6, 6.07) is 3.79. The van der Waals surface area contributed by atoms with E-state index in [1.807, 2.05) is 12.1 Å². The molecule has 0 saturated heterocycles. The van der Waals surface area contributed by atoms with Gasteiger partial charge in [0.05, 0.1) is 18.9 Å². The Labute approximate surface area is 102 Å². The Hall–Kier alpha value is -1.13. The first kappa shape index (κ1) is 12.3. The summed E-state index contributed by atoms with van der Waals surface area (Å²) in [5.74, 6) is 0.800. The number of methoxy groups -OCH3 is 1. The molecule has 0 unspecified atom stereocenters. The number of pyridine rings is 1. The molecule has 1 aliphatic rings. The third kappa shape index (κ3) is 2.28. The van der Waals surface area contributed by atoms with E-state index in [-0.39, 0.29) is 11.5 Å². The average molecular weight is 236 g/mol. The van der Waals surface area contributed by atoms with E-state index < -0.39 is 0 Å². The molecule has 2 rings (SSSR count). The van der Waals surface area contributed by atoms with Crippen molar-refractivity contribution < 1.29 is 9.84 Å². The number of rotatable bonds is 3. The van der Waals surface area contributed by atoms with Crippen LogP contribution < -0.4 is 10.5 Å². The highest BCUT2D eigenvalue weighted by Gasteiger charge is 2.38. The number of nitrogens with two attached hydrogens (primary N) is 1. The van der Waals surface area contributed by atoms with Gasteiger partial charge in [0, 0.05) is 18.2 Å². The van der Waals surface area contributed by atoms with Crippen LogP contribution in [0.25, 0.3) is 0 Å². The summed E-state index contributed by atoms with van der Waals surface area (Å²) in [5, 5.41) is 9.62. The molecule has 0 radical (unpaired) electrons. The fourth-order valence-corrected chi connectivity index (χ4v) is 2.65. The van der Waals surface area contributed by atoms with Crippen molar-refractivity contribution in [3.05, 3.63) is 24.0 Å². The minimum absolute atomic E-state index is 0.133. The van der Waals surface area contributed by atoms with Crippen molar-refractivity contribution in [1.82, 2.24) is 4.98 Å². The van der Waals surface area contributed by atoms with Gasteiger partial charge >= 0.3 is 0 Å². The van der Waals surface area contributed by atoms with Crippen molar-refractivity contribution in [3.8, 4) is 5.75 Å². The van der Waals surface area contributed by atoms with Gasteiger partial charge in [-0.2, -0.15) is 0 Å². The first-order valence-electron chi connectivity index (χ1n) is 6.09. The lowest BCUT2D eigenvalue weighted by Crippen LogP contribution is -2.41. The highest BCUT2D eigenvalue weighted by atomic mass is 16.5. The Balaban J connectivity index is 2.34. The van der Waals surface area contributed by atoms with Crippen LogP contribution in [0.3, 0.4) is 0 Å². The molecule has 0 amide bonds. The molecule has 0 aliphatic heterocycles. The van der Waals surface area contributed by atoms with E-state index in [1.54, 1.807) is 13.3 Å². The molecule has 1 aromatic rings. The lowest BCUT2D eigenvalue weighted by Gasteiger charge is -2.38. The van der Waals surface area contributed by atoms with Crippen LogP contribution in [0.2, 0.25) is 0 Å². The Bertz CT molecular complexity index is 373. The van der Waals surface area contributed by atoms with Crippen LogP contribution in [0.5, 0.6) is 5.75 Å². The Morgan fingerprint density at radius 2 is 2.24 bits per heavy atom. The van der Waals surface area contributed by atoms with Gasteiger partial charge < -0.3 is 15.6 Å². The molecule has 94 valence electrons. The quantitative estimate of drug-likeness (QED) is 0.828. The molecule has 1 aromatic heterocycles. The molecular formula is C13H20N2O2. The first-order chi connectivity index (χ1) is 8.22. The van der Waals surface area contributed by atoms with E-state index in [9.17, 15) is 5.11 Å². The average Bonchev–Trinajstić information content (AvgIpc) is 2.40. The molecule has 3 N–H and O–H groups in total. The van der Waals surface area contributed by atoms with Crippen molar-refractivity contribution in [1.29, 1.82) is 0 Å². The van der Waals surface area contributed by atoms with Crippen LogP contribution in [-0.4, -0.2) is 29.8 Å². The monoisotopic (exact) mass is 236 g/mol. The summed E-state index contributed by atoms with van der Waals surface area (Å²) in [4.78, 5) is 4.45. The molecule has 4 heteroatoms. The van der Waals surface area contributed by atoms with Crippen molar-refractivity contribution in [2.45, 2.75) is 37.2 Å². The van der Waals surface area contributed by atoms with Gasteiger partial charge in [0.15, 0.2) is 0 Å². The zero-order chi connectivity index (χ0) is 12.3. The smallest absolute Gasteiger partial charge is 0.140 e. The number of ether oxygens (including phenoxy) is 1. The van der Waals surface area contributed by atoms with E-state index in [2.05, 4.69) is 4.98 Å². The normalized spacial score (nSPS) is 29.0. The van der Waals surface area contributed by atoms with Gasteiger partial charge in [-0.05, 0) is 37.8 Å². The predicted octanol–water partition coefficient (Wildman–Crippen LogP) is 1.22. The molecule has 1 fully saturated rings. The van der Waals surface area contributed by atoms with Crippen molar-refractivity contribution in [3.63, 3.8) is 0 Å². The third-order valence-electron chi connectivity index (χ3n) is 3.80. The summed E-state index contributed by atoms with van der Waals surface area (Å²) in [6.07, 6.45) is 4.91. The van der Waals surface area contributed by atoms with Gasteiger partial charge in [0.2, 0.25) is 0 Å². The fourth-order valence-electron chi connectivity index (χ4n) is 2.65. The molecule has 4 nitrogen and oxygen atoms in total. The van der Waals surface area contributed by atoms with E-state index in [1.165, 1.54) is 0 Å². The Kier molecular flexibility index (Phi) is 3.64. The number of hydrogen-bond donors (Lipinski definition) is 2. The molecular weight excluding hydrogens is 216 g/mol. The van der Waals surface area contributed by atoms with Gasteiger partial charge in [-0.15, -0.1) is 0 Å². The van der Waals surface area contributed by atoms with Crippen LogP contribution in [0, 0.1) is 0 Å². The van der Waals surface area contributed by atoms with Crippen LogP contribution in [0.15, 0.2) is 18.3 Å². The van der Waals surface area contributed by atoms with E-state index in [0.29, 0.717) is 6.54 Å². The van der Waals surface area contributed by atoms with Gasteiger partial charge in [-0.25, -0.2) is 0 Å². The Morgan fingerprint density at radius 3 is 2.82 bits per heavy atom. The SMILES string of the molecule is COc1cccnc1C1(CN)CCC(O)CC1. The summed E-state index contributed by atoms with van der Waals surface area (Å²) in [5.41, 5.74) is 6.77. The lowest BCUT2D eigenvalue weighted by molar-refractivity contribution is 0.0952. The molecule has 0 spiro atoms. The zero-order valence-corrected chi connectivity index (χ0v) is 10.2. The third-order valence-corrected chi connectivity index (χ3v) is 3.80. The van der Waals surface area contributed by atoms with Gasteiger partial charge in [0.1, 0.15) is 5.75 Å². The summed E-state index contributed by atoms with van der Waals surface area (Å²) in [7, 11) is 1.66. The molecule has 1 heterocycles. The Morgan fingerprint density at radius 1 is 1.53 bits per heavy atom. The standard InChI is InChI=1S/C13H20N2O2/c1-17-11-3-2-8-15-12(11)13(9-14)6-4-10(16)5-7-13/h2-3,8,10,16H,4-7,9,14H2,1H3. The zero-order valence-electron chi connectivity index (χ0n) is 10.2. The van der Waals surface area contributed by atoms with Crippen molar-refractivity contribution in [2.75, 3.05) is 13.7 Å². The molecule has 0 aromatic carbocycles. The molecule has 1 aliphatic carbocycles. The molecule has 1 saturated carbocycles. The van der Waals surface area contributed by atoms with Crippen molar-refractivity contribution >= 4 is 0 Å². The van der Waals surface area contributed by atoms with Crippen LogP contribution in [0.4, 0.5) is 0 Å². The number of aliphatic hydroxyl groups excluding tert-OH is 1. The maximum Gasteiger partial charge on any atom is 0.140 e. The largest absolute Gasteiger partial charge is 0.495 e.